The number of aliphatic hydroxyl groups is 2. The van der Waals surface area contributed by atoms with Crippen LogP contribution in [0.25, 0.3) is 0 Å². The Balaban J connectivity index is 3.42. The minimum absolute atomic E-state index is 0.00312. The van der Waals surface area contributed by atoms with Gasteiger partial charge in [0.1, 0.15) is 0 Å². The molecular formula is C71H135NO5. The van der Waals surface area contributed by atoms with Crippen molar-refractivity contribution in [2.45, 2.75) is 392 Å². The quantitative estimate of drug-likeness (QED) is 0.0320. The Morgan fingerprint density at radius 3 is 1.00 bits per heavy atom. The van der Waals surface area contributed by atoms with E-state index >= 15 is 0 Å². The van der Waals surface area contributed by atoms with Gasteiger partial charge >= 0.3 is 5.97 Å². The third kappa shape index (κ3) is 63.1. The summed E-state index contributed by atoms with van der Waals surface area (Å²) in [6.07, 6.45) is 84.7. The first kappa shape index (κ1) is 75.1. The topological polar surface area (TPSA) is 95.9 Å². The van der Waals surface area contributed by atoms with E-state index in [9.17, 15) is 19.8 Å². The predicted octanol–water partition coefficient (Wildman–Crippen LogP) is 22.3. The minimum Gasteiger partial charge on any atom is -0.466 e. The fraction of sp³-hybridized carbons (Fsp3) is 0.887. The van der Waals surface area contributed by atoms with Crippen molar-refractivity contribution >= 4 is 11.9 Å². The first-order valence-electron chi connectivity index (χ1n) is 34.7. The Kier molecular flexibility index (Phi) is 64.9. The van der Waals surface area contributed by atoms with Gasteiger partial charge in [-0.15, -0.1) is 0 Å². The zero-order valence-corrected chi connectivity index (χ0v) is 52.0. The van der Waals surface area contributed by atoms with Gasteiger partial charge in [0.15, 0.2) is 0 Å². The summed E-state index contributed by atoms with van der Waals surface area (Å²) in [5, 5.41) is 23.4. The summed E-state index contributed by atoms with van der Waals surface area (Å²) >= 11 is 0. The molecule has 0 aromatic carbocycles. The lowest BCUT2D eigenvalue weighted by Crippen LogP contribution is -2.45. The van der Waals surface area contributed by atoms with Gasteiger partial charge in [0.2, 0.25) is 5.91 Å². The van der Waals surface area contributed by atoms with Gasteiger partial charge in [-0.05, 0) is 83.5 Å². The van der Waals surface area contributed by atoms with Crippen LogP contribution in [-0.4, -0.2) is 47.4 Å². The van der Waals surface area contributed by atoms with Crippen molar-refractivity contribution in [3.05, 3.63) is 36.5 Å². The van der Waals surface area contributed by atoms with Gasteiger partial charge in [0.05, 0.1) is 25.4 Å². The molecule has 77 heavy (non-hydrogen) atoms. The minimum atomic E-state index is -0.667. The van der Waals surface area contributed by atoms with E-state index in [4.69, 9.17) is 4.74 Å². The summed E-state index contributed by atoms with van der Waals surface area (Å²) in [5.41, 5.74) is 0. The van der Waals surface area contributed by atoms with Crippen molar-refractivity contribution in [2.75, 3.05) is 13.2 Å². The summed E-state index contributed by atoms with van der Waals surface area (Å²) in [6, 6.07) is -0.545. The van der Waals surface area contributed by atoms with E-state index in [2.05, 4.69) is 55.6 Å². The molecule has 0 rings (SSSR count). The van der Waals surface area contributed by atoms with Gasteiger partial charge in [-0.25, -0.2) is 0 Å². The number of hydrogen-bond acceptors (Lipinski definition) is 5. The number of carbonyl (C=O) groups excluding carboxylic acids is 2. The number of esters is 1. The van der Waals surface area contributed by atoms with Gasteiger partial charge in [-0.1, -0.05) is 320 Å². The standard InChI is InChI=1S/C71H135NO5/c1-3-5-7-9-11-13-15-17-19-20-32-36-39-43-47-51-55-59-63-69(74)68(67-73)72-70(75)64-60-56-52-48-44-40-37-33-30-28-26-24-22-21-23-25-27-29-31-34-38-42-46-50-54-58-62-66-77-71(76)65-61-57-53-49-45-41-35-18-16-14-12-10-8-6-4-2/h18,21-22,25,27,35,68-69,73-74H,3-17,19-20,23-24,26,28-34,36-67H2,1-2H3,(H,72,75)/b22-21-,27-25-,35-18-. The molecule has 0 radical (unpaired) electrons. The number of allylic oxidation sites excluding steroid dienone is 6. The molecule has 0 aliphatic rings. The Morgan fingerprint density at radius 1 is 0.364 bits per heavy atom. The maximum absolute atomic E-state index is 12.5. The Bertz CT molecular complexity index is 1250. The molecular weight excluding hydrogens is 947 g/mol. The van der Waals surface area contributed by atoms with E-state index in [-0.39, 0.29) is 18.5 Å². The number of hydrogen-bond donors (Lipinski definition) is 3. The lowest BCUT2D eigenvalue weighted by molar-refractivity contribution is -0.143. The Morgan fingerprint density at radius 2 is 0.649 bits per heavy atom. The van der Waals surface area contributed by atoms with Crippen LogP contribution < -0.4 is 5.32 Å². The number of amides is 1. The third-order valence-corrected chi connectivity index (χ3v) is 16.2. The molecule has 0 spiro atoms. The fourth-order valence-corrected chi connectivity index (χ4v) is 10.8. The van der Waals surface area contributed by atoms with Crippen molar-refractivity contribution in [1.29, 1.82) is 0 Å². The van der Waals surface area contributed by atoms with Crippen LogP contribution in [0.15, 0.2) is 36.5 Å². The van der Waals surface area contributed by atoms with Crippen LogP contribution in [0, 0.1) is 0 Å². The van der Waals surface area contributed by atoms with Crippen molar-refractivity contribution in [1.82, 2.24) is 5.32 Å². The molecule has 454 valence electrons. The number of ether oxygens (including phenoxy) is 1. The lowest BCUT2D eigenvalue weighted by atomic mass is 10.0. The predicted molar refractivity (Wildman–Crippen MR) is 338 cm³/mol. The van der Waals surface area contributed by atoms with Gasteiger partial charge in [-0.2, -0.15) is 0 Å². The number of unbranched alkanes of at least 4 members (excludes halogenated alkanes) is 48. The van der Waals surface area contributed by atoms with Crippen LogP contribution in [0.2, 0.25) is 0 Å². The summed E-state index contributed by atoms with van der Waals surface area (Å²) in [7, 11) is 0. The maximum Gasteiger partial charge on any atom is 0.305 e. The van der Waals surface area contributed by atoms with E-state index in [1.807, 2.05) is 0 Å². The summed E-state index contributed by atoms with van der Waals surface area (Å²) in [4.78, 5) is 24.6. The van der Waals surface area contributed by atoms with Crippen molar-refractivity contribution in [2.24, 2.45) is 0 Å². The van der Waals surface area contributed by atoms with Crippen LogP contribution in [-0.2, 0) is 14.3 Å². The molecule has 0 aromatic rings. The highest BCUT2D eigenvalue weighted by atomic mass is 16.5. The summed E-state index contributed by atoms with van der Waals surface area (Å²) in [5.74, 6) is -0.0320. The second-order valence-electron chi connectivity index (χ2n) is 23.9. The van der Waals surface area contributed by atoms with E-state index in [1.165, 1.54) is 295 Å². The molecule has 0 aliphatic heterocycles. The SMILES string of the molecule is CCCCCCCC/C=C\CCCCCCCC(=O)OCCCCCCCCCCC/C=C\C/C=C\CCCCCCCCCCCCCC(=O)NC(CO)C(O)CCCCCCCCCCCCCCCCCCCC. The number of aliphatic hydroxyl groups excluding tert-OH is 2. The Hall–Kier alpha value is -1.92. The van der Waals surface area contributed by atoms with E-state index < -0.39 is 12.1 Å². The van der Waals surface area contributed by atoms with Crippen LogP contribution >= 0.6 is 0 Å². The average molecular weight is 1080 g/mol. The van der Waals surface area contributed by atoms with Gasteiger partial charge < -0.3 is 20.3 Å². The van der Waals surface area contributed by atoms with E-state index in [1.54, 1.807) is 0 Å². The molecule has 1 amide bonds. The normalized spacial score (nSPS) is 12.7. The van der Waals surface area contributed by atoms with Crippen molar-refractivity contribution < 1.29 is 24.5 Å². The second kappa shape index (κ2) is 66.6. The molecule has 0 fully saturated rings. The molecule has 0 aromatic heterocycles. The molecule has 0 saturated heterocycles. The largest absolute Gasteiger partial charge is 0.466 e. The highest BCUT2D eigenvalue weighted by Gasteiger charge is 2.20. The molecule has 2 unspecified atom stereocenters. The second-order valence-corrected chi connectivity index (χ2v) is 23.9. The van der Waals surface area contributed by atoms with Crippen LogP contribution in [0.1, 0.15) is 380 Å². The van der Waals surface area contributed by atoms with Gasteiger partial charge in [-0.3, -0.25) is 9.59 Å². The highest BCUT2D eigenvalue weighted by Crippen LogP contribution is 2.18. The molecule has 2 atom stereocenters. The number of rotatable bonds is 65. The van der Waals surface area contributed by atoms with Crippen molar-refractivity contribution in [3.63, 3.8) is 0 Å². The molecule has 0 heterocycles. The number of carbonyl (C=O) groups is 2. The highest BCUT2D eigenvalue weighted by molar-refractivity contribution is 5.76. The van der Waals surface area contributed by atoms with Crippen LogP contribution in [0.4, 0.5) is 0 Å². The summed E-state index contributed by atoms with van der Waals surface area (Å²) < 4.78 is 5.48. The first-order valence-corrected chi connectivity index (χ1v) is 34.7. The smallest absolute Gasteiger partial charge is 0.305 e. The zero-order valence-electron chi connectivity index (χ0n) is 52.0. The molecule has 0 saturated carbocycles. The molecule has 6 nitrogen and oxygen atoms in total. The molecule has 6 heteroatoms. The average Bonchev–Trinajstić information content (AvgIpc) is 3.43. The van der Waals surface area contributed by atoms with E-state index in [0.29, 0.717) is 25.9 Å². The fourth-order valence-electron chi connectivity index (χ4n) is 10.8. The molecule has 0 aliphatic carbocycles. The van der Waals surface area contributed by atoms with Crippen LogP contribution in [0.3, 0.4) is 0 Å². The summed E-state index contributed by atoms with van der Waals surface area (Å²) in [6.45, 7) is 4.97. The third-order valence-electron chi connectivity index (χ3n) is 16.2. The van der Waals surface area contributed by atoms with Gasteiger partial charge in [0.25, 0.3) is 0 Å². The van der Waals surface area contributed by atoms with Crippen molar-refractivity contribution in [3.8, 4) is 0 Å². The maximum atomic E-state index is 12.5. The van der Waals surface area contributed by atoms with Gasteiger partial charge in [0, 0.05) is 12.8 Å². The number of nitrogens with one attached hydrogen (secondary N) is 1. The Labute approximate surface area is 481 Å². The van der Waals surface area contributed by atoms with Crippen LogP contribution in [0.5, 0.6) is 0 Å². The first-order chi connectivity index (χ1) is 38.0. The molecule has 3 N–H and O–H groups in total. The molecule has 0 bridgehead atoms. The zero-order chi connectivity index (χ0) is 55.7. The lowest BCUT2D eigenvalue weighted by Gasteiger charge is -2.22. The monoisotopic (exact) mass is 1080 g/mol. The van der Waals surface area contributed by atoms with E-state index in [0.717, 1.165) is 51.4 Å².